The zero-order valence-electron chi connectivity index (χ0n) is 19.0. The number of rotatable bonds is 6. The minimum Gasteiger partial charge on any atom is -0.507 e. The summed E-state index contributed by atoms with van der Waals surface area (Å²) >= 11 is 0. The highest BCUT2D eigenvalue weighted by Crippen LogP contribution is 2.37. The van der Waals surface area contributed by atoms with Gasteiger partial charge in [-0.05, 0) is 53.5 Å². The Kier molecular flexibility index (Phi) is 8.46. The summed E-state index contributed by atoms with van der Waals surface area (Å²) in [6, 6.07) is 4.12. The minimum atomic E-state index is -0.171. The Balaban J connectivity index is 3.34. The van der Waals surface area contributed by atoms with Gasteiger partial charge in [0.05, 0.1) is 5.70 Å². The molecular formula is C27H35NO. The number of aromatic hydroxyl groups is 1. The first-order valence-corrected chi connectivity index (χ1v) is 9.93. The molecule has 1 N–H and O–H groups in total. The Morgan fingerprint density at radius 3 is 2.31 bits per heavy atom. The molecule has 0 heterocycles. The number of allylic oxidation sites excluding steroid dienone is 6. The van der Waals surface area contributed by atoms with E-state index in [1.165, 1.54) is 5.56 Å². The van der Waals surface area contributed by atoms with Crippen LogP contribution in [0, 0.1) is 12.3 Å². The lowest BCUT2D eigenvalue weighted by atomic mass is 9.79. The zero-order chi connectivity index (χ0) is 22.2. The fraction of sp³-hybridized carbons (Fsp3) is 0.370. The van der Waals surface area contributed by atoms with Gasteiger partial charge in [-0.3, -0.25) is 4.99 Å². The van der Waals surface area contributed by atoms with Crippen LogP contribution in [0.4, 0.5) is 0 Å². The summed E-state index contributed by atoms with van der Waals surface area (Å²) in [6.07, 6.45) is 17.1. The molecular weight excluding hydrogens is 354 g/mol. The average Bonchev–Trinajstić information content (AvgIpc) is 2.59. The van der Waals surface area contributed by atoms with Crippen LogP contribution < -0.4 is 0 Å². The van der Waals surface area contributed by atoms with Gasteiger partial charge < -0.3 is 5.11 Å². The van der Waals surface area contributed by atoms with Crippen molar-refractivity contribution in [2.45, 2.75) is 65.7 Å². The van der Waals surface area contributed by atoms with Crippen molar-refractivity contribution < 1.29 is 5.11 Å². The van der Waals surface area contributed by atoms with Gasteiger partial charge in [-0.25, -0.2) is 0 Å². The lowest BCUT2D eigenvalue weighted by Crippen LogP contribution is -2.17. The third-order valence-corrected chi connectivity index (χ3v) is 4.47. The molecule has 29 heavy (non-hydrogen) atoms. The first-order chi connectivity index (χ1) is 13.4. The highest BCUT2D eigenvalue weighted by Gasteiger charge is 2.24. The Bertz CT molecular complexity index is 888. The maximum atomic E-state index is 10.9. The molecule has 0 bridgehead atoms. The van der Waals surface area contributed by atoms with Crippen molar-refractivity contribution in [3.05, 3.63) is 77.1 Å². The van der Waals surface area contributed by atoms with Gasteiger partial charge in [-0.2, -0.15) is 0 Å². The van der Waals surface area contributed by atoms with E-state index < -0.39 is 0 Å². The van der Waals surface area contributed by atoms with Gasteiger partial charge in [0.1, 0.15) is 5.75 Å². The van der Waals surface area contributed by atoms with E-state index in [0.717, 1.165) is 28.8 Å². The number of benzene rings is 1. The third kappa shape index (κ3) is 7.62. The number of hydrogen-bond donors (Lipinski definition) is 1. The first kappa shape index (κ1) is 24.2. The standard InChI is InChI=1S/C27H35NO/c1-10-11-12-13-14-15-16-24(20(2)3)28-19-21-17-22(26(4,5)6)18-23(25(21)29)27(7,8)9/h1,11-12,14-19,29H,2,13H2,3-9H3/b12-11-,15-14-,24-16+,28-19?. The number of phenolic OH excluding ortho intramolecular Hbond substituents is 1. The molecule has 0 aliphatic rings. The maximum Gasteiger partial charge on any atom is 0.128 e. The van der Waals surface area contributed by atoms with Gasteiger partial charge in [0.15, 0.2) is 0 Å². The molecule has 0 aromatic heterocycles. The molecule has 1 aromatic carbocycles. The van der Waals surface area contributed by atoms with Crippen molar-refractivity contribution in [3.63, 3.8) is 0 Å². The molecule has 1 aromatic rings. The average molecular weight is 390 g/mol. The maximum absolute atomic E-state index is 10.9. The summed E-state index contributed by atoms with van der Waals surface area (Å²) in [5, 5.41) is 10.9. The van der Waals surface area contributed by atoms with Crippen LogP contribution in [0.15, 0.2) is 65.4 Å². The monoisotopic (exact) mass is 389 g/mol. The molecule has 0 saturated heterocycles. The van der Waals surface area contributed by atoms with E-state index in [1.54, 1.807) is 12.3 Å². The highest BCUT2D eigenvalue weighted by molar-refractivity contribution is 5.86. The lowest BCUT2D eigenvalue weighted by molar-refractivity contribution is 0.444. The van der Waals surface area contributed by atoms with Crippen molar-refractivity contribution >= 4 is 6.21 Å². The molecule has 0 amide bonds. The highest BCUT2D eigenvalue weighted by atomic mass is 16.3. The van der Waals surface area contributed by atoms with Crippen LogP contribution in [0.5, 0.6) is 5.75 Å². The summed E-state index contributed by atoms with van der Waals surface area (Å²) in [6.45, 7) is 18.8. The van der Waals surface area contributed by atoms with E-state index in [2.05, 4.69) is 65.1 Å². The molecule has 0 saturated carbocycles. The van der Waals surface area contributed by atoms with Gasteiger partial charge in [0.25, 0.3) is 0 Å². The van der Waals surface area contributed by atoms with E-state index in [-0.39, 0.29) is 16.6 Å². The summed E-state index contributed by atoms with van der Waals surface area (Å²) in [5.41, 5.74) is 4.23. The van der Waals surface area contributed by atoms with E-state index in [9.17, 15) is 5.11 Å². The smallest absolute Gasteiger partial charge is 0.128 e. The van der Waals surface area contributed by atoms with Crippen LogP contribution in [0.2, 0.25) is 0 Å². The van der Waals surface area contributed by atoms with E-state index in [4.69, 9.17) is 6.42 Å². The van der Waals surface area contributed by atoms with Crippen LogP contribution in [-0.2, 0) is 10.8 Å². The molecule has 0 aliphatic carbocycles. The third-order valence-electron chi connectivity index (χ3n) is 4.47. The Morgan fingerprint density at radius 2 is 1.79 bits per heavy atom. The van der Waals surface area contributed by atoms with Crippen molar-refractivity contribution in [1.29, 1.82) is 0 Å². The fourth-order valence-corrected chi connectivity index (χ4v) is 2.65. The minimum absolute atomic E-state index is 0.0298. The van der Waals surface area contributed by atoms with Gasteiger partial charge in [-0.15, -0.1) is 6.42 Å². The first-order valence-electron chi connectivity index (χ1n) is 9.93. The van der Waals surface area contributed by atoms with Crippen LogP contribution in [0.25, 0.3) is 0 Å². The van der Waals surface area contributed by atoms with E-state index in [1.807, 2.05) is 37.3 Å². The van der Waals surface area contributed by atoms with Crippen molar-refractivity contribution in [1.82, 2.24) is 0 Å². The molecule has 0 atom stereocenters. The normalized spacial score (nSPS) is 13.5. The van der Waals surface area contributed by atoms with Crippen molar-refractivity contribution in [3.8, 4) is 18.1 Å². The Hall–Kier alpha value is -2.79. The zero-order valence-corrected chi connectivity index (χ0v) is 19.0. The molecule has 0 radical (unpaired) electrons. The quantitative estimate of drug-likeness (QED) is 0.317. The molecule has 0 unspecified atom stereocenters. The SMILES string of the molecule is C#C/C=C\C/C=C\C=C(\N=Cc1cc(C(C)(C)C)cc(C(C)(C)C)c1O)C(=C)C. The van der Waals surface area contributed by atoms with Crippen LogP contribution in [0.3, 0.4) is 0 Å². The Labute approximate surface area is 177 Å². The fourth-order valence-electron chi connectivity index (χ4n) is 2.65. The van der Waals surface area contributed by atoms with Gasteiger partial charge >= 0.3 is 0 Å². The predicted octanol–water partition coefficient (Wildman–Crippen LogP) is 7.00. The second-order valence-electron chi connectivity index (χ2n) is 9.28. The molecule has 0 spiro atoms. The number of nitrogens with zero attached hydrogens (tertiary/aromatic N) is 1. The summed E-state index contributed by atoms with van der Waals surface area (Å²) in [5.74, 6) is 2.75. The van der Waals surface area contributed by atoms with Crippen molar-refractivity contribution in [2.75, 3.05) is 0 Å². The van der Waals surface area contributed by atoms with Crippen LogP contribution >= 0.6 is 0 Å². The number of terminal acetylenes is 1. The Morgan fingerprint density at radius 1 is 1.14 bits per heavy atom. The summed E-state index contributed by atoms with van der Waals surface area (Å²) < 4.78 is 0. The van der Waals surface area contributed by atoms with Gasteiger partial charge in [0.2, 0.25) is 0 Å². The lowest BCUT2D eigenvalue weighted by Gasteiger charge is -2.27. The number of hydrogen-bond acceptors (Lipinski definition) is 2. The van der Waals surface area contributed by atoms with E-state index in [0.29, 0.717) is 0 Å². The van der Waals surface area contributed by atoms with Crippen molar-refractivity contribution in [2.24, 2.45) is 4.99 Å². The molecule has 2 nitrogen and oxygen atoms in total. The van der Waals surface area contributed by atoms with Gasteiger partial charge in [0, 0.05) is 17.3 Å². The second kappa shape index (κ2) is 10.1. The largest absolute Gasteiger partial charge is 0.507 e. The molecule has 2 heteroatoms. The second-order valence-corrected chi connectivity index (χ2v) is 9.28. The molecule has 154 valence electrons. The predicted molar refractivity (Wildman–Crippen MR) is 128 cm³/mol. The van der Waals surface area contributed by atoms with Gasteiger partial charge in [-0.1, -0.05) is 78.3 Å². The topological polar surface area (TPSA) is 32.6 Å². The van der Waals surface area contributed by atoms with Crippen LogP contribution in [-0.4, -0.2) is 11.3 Å². The van der Waals surface area contributed by atoms with Crippen LogP contribution in [0.1, 0.15) is 71.6 Å². The summed E-state index contributed by atoms with van der Waals surface area (Å²) in [7, 11) is 0. The molecule has 1 rings (SSSR count). The summed E-state index contributed by atoms with van der Waals surface area (Å²) in [4.78, 5) is 4.61. The van der Waals surface area contributed by atoms with E-state index >= 15 is 0 Å². The number of phenols is 1. The molecule has 0 aliphatic heterocycles. The molecule has 0 fully saturated rings. The number of aliphatic imine (C=N–C) groups is 1.